The highest BCUT2D eigenvalue weighted by molar-refractivity contribution is 7.92. The van der Waals surface area contributed by atoms with Crippen LogP contribution in [0, 0.1) is 6.92 Å². The van der Waals surface area contributed by atoms with E-state index in [0.717, 1.165) is 11.8 Å². The second-order valence-corrected chi connectivity index (χ2v) is 8.81. The van der Waals surface area contributed by atoms with Crippen molar-refractivity contribution < 1.29 is 17.4 Å². The molecule has 0 heterocycles. The first-order chi connectivity index (χ1) is 9.67. The van der Waals surface area contributed by atoms with Crippen LogP contribution in [0.4, 0.5) is 11.4 Å². The van der Waals surface area contributed by atoms with Gasteiger partial charge in [0.05, 0.1) is 5.75 Å². The number of sulfone groups is 1. The third kappa shape index (κ3) is 7.24. The number of hydrogen-bond donors (Lipinski definition) is 2. The molecule has 6 nitrogen and oxygen atoms in total. The minimum absolute atomic E-state index is 0.0625. The fourth-order valence-electron chi connectivity index (χ4n) is 1.59. The van der Waals surface area contributed by atoms with E-state index in [1.807, 2.05) is 6.92 Å². The Kier molecular flexibility index (Phi) is 6.35. The first-order valence-electron chi connectivity index (χ1n) is 6.36. The SMILES string of the molecule is Cc1cc(N)ccc1NC(=O)CCS(=O)CCS(C)(=O)=O. The molecular weight excluding hydrogens is 312 g/mol. The van der Waals surface area contributed by atoms with E-state index in [1.165, 1.54) is 0 Å². The Balaban J connectivity index is 2.42. The Hall–Kier alpha value is -1.41. The number of nitrogens with one attached hydrogen (secondary N) is 1. The topological polar surface area (TPSA) is 106 Å². The van der Waals surface area contributed by atoms with Crippen LogP contribution in [-0.2, 0) is 25.4 Å². The standard InChI is InChI=1S/C13H20N2O4S2/c1-10-9-11(14)3-4-12(10)15-13(16)5-6-20(17)7-8-21(2,18)19/h3-4,9H,5-8,14H2,1-2H3,(H,15,16). The summed E-state index contributed by atoms with van der Waals surface area (Å²) in [5, 5.41) is 2.72. The summed E-state index contributed by atoms with van der Waals surface area (Å²) in [6.45, 7) is 1.83. The number of hydrogen-bond acceptors (Lipinski definition) is 5. The van der Waals surface area contributed by atoms with Gasteiger partial charge in [0.25, 0.3) is 0 Å². The highest BCUT2D eigenvalue weighted by Gasteiger charge is 2.10. The van der Waals surface area contributed by atoms with E-state index >= 15 is 0 Å². The van der Waals surface area contributed by atoms with Crippen LogP contribution in [0.1, 0.15) is 12.0 Å². The molecule has 1 unspecified atom stereocenters. The molecule has 0 fully saturated rings. The number of aryl methyl sites for hydroxylation is 1. The molecule has 1 aromatic rings. The van der Waals surface area contributed by atoms with E-state index < -0.39 is 20.6 Å². The molecule has 0 bridgehead atoms. The number of anilines is 2. The largest absolute Gasteiger partial charge is 0.399 e. The van der Waals surface area contributed by atoms with Gasteiger partial charge < -0.3 is 11.1 Å². The summed E-state index contributed by atoms with van der Waals surface area (Å²) in [6.07, 6.45) is 1.18. The molecule has 0 spiro atoms. The third-order valence-electron chi connectivity index (χ3n) is 2.76. The van der Waals surface area contributed by atoms with Crippen molar-refractivity contribution in [1.82, 2.24) is 0 Å². The monoisotopic (exact) mass is 332 g/mol. The summed E-state index contributed by atoms with van der Waals surface area (Å²) in [5.74, 6) is -0.170. The zero-order valence-electron chi connectivity index (χ0n) is 12.1. The van der Waals surface area contributed by atoms with Gasteiger partial charge in [-0.1, -0.05) is 0 Å². The van der Waals surface area contributed by atoms with E-state index in [2.05, 4.69) is 5.32 Å². The Morgan fingerprint density at radius 3 is 2.57 bits per heavy atom. The van der Waals surface area contributed by atoms with Crippen LogP contribution in [0.5, 0.6) is 0 Å². The lowest BCUT2D eigenvalue weighted by Crippen LogP contribution is -2.18. The van der Waals surface area contributed by atoms with Gasteiger partial charge in [-0.25, -0.2) is 8.42 Å². The molecule has 0 aromatic heterocycles. The molecule has 0 saturated heterocycles. The maximum atomic E-state index is 11.8. The van der Waals surface area contributed by atoms with Crippen molar-refractivity contribution in [3.63, 3.8) is 0 Å². The van der Waals surface area contributed by atoms with Gasteiger partial charge >= 0.3 is 0 Å². The van der Waals surface area contributed by atoms with Crippen molar-refractivity contribution in [2.24, 2.45) is 0 Å². The van der Waals surface area contributed by atoms with Gasteiger partial charge in [-0.15, -0.1) is 0 Å². The zero-order chi connectivity index (χ0) is 16.0. The minimum Gasteiger partial charge on any atom is -0.399 e. The average Bonchev–Trinajstić information content (AvgIpc) is 2.36. The number of carbonyl (C=O) groups excluding carboxylic acids is 1. The molecule has 8 heteroatoms. The molecule has 3 N–H and O–H groups in total. The Bertz CT molecular complexity index is 642. The van der Waals surface area contributed by atoms with Crippen molar-refractivity contribution in [1.29, 1.82) is 0 Å². The number of nitrogen functional groups attached to an aromatic ring is 1. The van der Waals surface area contributed by atoms with Gasteiger partial charge in [-0.2, -0.15) is 0 Å². The molecule has 1 aromatic carbocycles. The van der Waals surface area contributed by atoms with E-state index in [4.69, 9.17) is 5.73 Å². The average molecular weight is 332 g/mol. The second kappa shape index (κ2) is 7.56. The zero-order valence-corrected chi connectivity index (χ0v) is 13.7. The maximum absolute atomic E-state index is 11.8. The van der Waals surface area contributed by atoms with Crippen LogP contribution < -0.4 is 11.1 Å². The van der Waals surface area contributed by atoms with Crippen LogP contribution in [0.3, 0.4) is 0 Å². The van der Waals surface area contributed by atoms with E-state index in [1.54, 1.807) is 18.2 Å². The number of benzene rings is 1. The summed E-state index contributed by atoms with van der Waals surface area (Å²) in [5.41, 5.74) is 7.75. The number of carbonyl (C=O) groups is 1. The highest BCUT2D eigenvalue weighted by atomic mass is 32.2. The summed E-state index contributed by atoms with van der Waals surface area (Å²) < 4.78 is 33.5. The fraction of sp³-hybridized carbons (Fsp3) is 0.462. The molecular formula is C13H20N2O4S2. The van der Waals surface area contributed by atoms with Crippen molar-refractivity contribution in [3.8, 4) is 0 Å². The van der Waals surface area contributed by atoms with Gasteiger partial charge in [0.2, 0.25) is 5.91 Å². The van der Waals surface area contributed by atoms with Crippen molar-refractivity contribution in [3.05, 3.63) is 23.8 Å². The lowest BCUT2D eigenvalue weighted by atomic mass is 10.2. The van der Waals surface area contributed by atoms with Gasteiger partial charge in [0.15, 0.2) is 0 Å². The maximum Gasteiger partial charge on any atom is 0.225 e. The van der Waals surface area contributed by atoms with Gasteiger partial charge in [-0.3, -0.25) is 9.00 Å². The Morgan fingerprint density at radius 2 is 2.00 bits per heavy atom. The third-order valence-corrected chi connectivity index (χ3v) is 5.29. The first kappa shape index (κ1) is 17.6. The first-order valence-corrected chi connectivity index (χ1v) is 9.91. The van der Waals surface area contributed by atoms with Crippen molar-refractivity contribution in [2.75, 3.05) is 34.6 Å². The van der Waals surface area contributed by atoms with Crippen molar-refractivity contribution in [2.45, 2.75) is 13.3 Å². The molecule has 118 valence electrons. The van der Waals surface area contributed by atoms with Crippen LogP contribution in [0.2, 0.25) is 0 Å². The van der Waals surface area contributed by atoms with Gasteiger partial charge in [0, 0.05) is 46.4 Å². The van der Waals surface area contributed by atoms with E-state index in [0.29, 0.717) is 11.4 Å². The number of amides is 1. The predicted molar refractivity (Wildman–Crippen MR) is 86.4 cm³/mol. The molecule has 1 amide bonds. The van der Waals surface area contributed by atoms with Crippen LogP contribution in [-0.4, -0.2) is 42.0 Å². The van der Waals surface area contributed by atoms with E-state index in [9.17, 15) is 17.4 Å². The van der Waals surface area contributed by atoms with Gasteiger partial charge in [-0.05, 0) is 30.7 Å². The molecule has 0 saturated carbocycles. The lowest BCUT2D eigenvalue weighted by Gasteiger charge is -2.09. The summed E-state index contributed by atoms with van der Waals surface area (Å²) >= 11 is 0. The summed E-state index contributed by atoms with van der Waals surface area (Å²) in [7, 11) is -4.44. The highest BCUT2D eigenvalue weighted by Crippen LogP contribution is 2.17. The molecule has 0 aliphatic rings. The second-order valence-electron chi connectivity index (χ2n) is 4.85. The lowest BCUT2D eigenvalue weighted by molar-refractivity contribution is -0.115. The molecule has 0 aliphatic carbocycles. The quantitative estimate of drug-likeness (QED) is 0.715. The summed E-state index contributed by atoms with van der Waals surface area (Å²) in [4.78, 5) is 11.8. The molecule has 0 radical (unpaired) electrons. The molecule has 1 rings (SSSR count). The predicted octanol–water partition coefficient (Wildman–Crippen LogP) is 0.699. The fourth-order valence-corrected chi connectivity index (χ4v) is 4.16. The van der Waals surface area contributed by atoms with Crippen LogP contribution in [0.15, 0.2) is 18.2 Å². The van der Waals surface area contributed by atoms with Crippen molar-refractivity contribution >= 4 is 37.9 Å². The van der Waals surface area contributed by atoms with Gasteiger partial charge in [0.1, 0.15) is 9.84 Å². The molecule has 21 heavy (non-hydrogen) atoms. The number of nitrogens with two attached hydrogens (primary N) is 1. The van der Waals surface area contributed by atoms with Crippen LogP contribution in [0.25, 0.3) is 0 Å². The van der Waals surface area contributed by atoms with Crippen LogP contribution >= 0.6 is 0 Å². The molecule has 1 atom stereocenters. The normalized spacial score (nSPS) is 12.9. The Labute approximate surface area is 127 Å². The minimum atomic E-state index is -3.12. The smallest absolute Gasteiger partial charge is 0.225 e. The Morgan fingerprint density at radius 1 is 1.33 bits per heavy atom. The molecule has 0 aliphatic heterocycles. The van der Waals surface area contributed by atoms with E-state index in [-0.39, 0.29) is 29.6 Å². The summed E-state index contributed by atoms with van der Waals surface area (Å²) in [6, 6.07) is 5.15. The number of rotatable bonds is 7.